The van der Waals surface area contributed by atoms with Crippen molar-refractivity contribution >= 4 is 29.7 Å². The first-order chi connectivity index (χ1) is 11.2. The number of hydrogen-bond acceptors (Lipinski definition) is 5. The lowest BCUT2D eigenvalue weighted by Crippen LogP contribution is -2.45. The minimum absolute atomic E-state index is 0. The summed E-state index contributed by atoms with van der Waals surface area (Å²) in [5.74, 6) is 0.546. The highest BCUT2D eigenvalue weighted by Gasteiger charge is 2.26. The van der Waals surface area contributed by atoms with Gasteiger partial charge in [-0.05, 0) is 12.1 Å². The molecule has 3 rings (SSSR count). The summed E-state index contributed by atoms with van der Waals surface area (Å²) in [6, 6.07) is 10.3. The van der Waals surface area contributed by atoms with E-state index in [2.05, 4.69) is 16.3 Å². The van der Waals surface area contributed by atoms with Crippen LogP contribution in [0.25, 0.3) is 0 Å². The van der Waals surface area contributed by atoms with Gasteiger partial charge in [-0.1, -0.05) is 18.2 Å². The van der Waals surface area contributed by atoms with E-state index in [9.17, 15) is 4.79 Å². The van der Waals surface area contributed by atoms with Gasteiger partial charge in [-0.2, -0.15) is 0 Å². The number of nitrogens with one attached hydrogen (secondary N) is 1. The van der Waals surface area contributed by atoms with Crippen molar-refractivity contribution in [2.45, 2.75) is 12.6 Å². The molecule has 3 N–H and O–H groups in total. The van der Waals surface area contributed by atoms with Gasteiger partial charge in [0.2, 0.25) is 5.91 Å². The molecule has 0 spiro atoms. The summed E-state index contributed by atoms with van der Waals surface area (Å²) in [6.45, 7) is 3.60. The van der Waals surface area contributed by atoms with Crippen LogP contribution in [0.4, 0.5) is 0 Å². The van der Waals surface area contributed by atoms with E-state index in [0.29, 0.717) is 5.56 Å². The third kappa shape index (κ3) is 4.08. The van der Waals surface area contributed by atoms with Gasteiger partial charge in [0.1, 0.15) is 5.75 Å². The van der Waals surface area contributed by atoms with Gasteiger partial charge >= 0.3 is 0 Å². The second-order valence-electron chi connectivity index (χ2n) is 5.60. The fourth-order valence-corrected chi connectivity index (χ4v) is 3.87. The monoisotopic (exact) mass is 367 g/mol. The van der Waals surface area contributed by atoms with Crippen molar-refractivity contribution in [2.24, 2.45) is 5.73 Å². The van der Waals surface area contributed by atoms with Gasteiger partial charge in [-0.25, -0.2) is 0 Å². The number of carbonyl (C=O) groups excluding carboxylic acids is 1. The summed E-state index contributed by atoms with van der Waals surface area (Å²) >= 11 is 1.58. The Labute approximate surface area is 152 Å². The summed E-state index contributed by atoms with van der Waals surface area (Å²) in [5, 5.41) is 5.29. The van der Waals surface area contributed by atoms with Crippen molar-refractivity contribution in [1.29, 1.82) is 0 Å². The standard InChI is InChI=1S/C17H21N3O2S.ClH/c1-22-16-5-3-2-4-14(16)15-9-19-6-7-20(15)10-13-8-12(11-23-13)17(18)21;/h2-5,8,11,15,19H,6-7,9-10H2,1H3,(H2,18,21);1H. The molecule has 1 unspecified atom stereocenters. The Morgan fingerprint density at radius 1 is 1.46 bits per heavy atom. The normalized spacial score (nSPS) is 18.0. The van der Waals surface area contributed by atoms with E-state index >= 15 is 0 Å². The van der Waals surface area contributed by atoms with E-state index in [1.165, 1.54) is 5.56 Å². The lowest BCUT2D eigenvalue weighted by Gasteiger charge is -2.36. The average Bonchev–Trinajstić information content (AvgIpc) is 3.04. The molecule has 0 bridgehead atoms. The Balaban J connectivity index is 0.00000208. The van der Waals surface area contributed by atoms with Crippen molar-refractivity contribution in [3.63, 3.8) is 0 Å². The topological polar surface area (TPSA) is 67.6 Å². The zero-order chi connectivity index (χ0) is 16.2. The number of piperazine rings is 1. The number of rotatable bonds is 5. The smallest absolute Gasteiger partial charge is 0.249 e. The second kappa shape index (κ2) is 8.48. The fourth-order valence-electron chi connectivity index (χ4n) is 2.98. The van der Waals surface area contributed by atoms with Crippen LogP contribution < -0.4 is 15.8 Å². The van der Waals surface area contributed by atoms with Gasteiger partial charge in [0.05, 0.1) is 18.7 Å². The zero-order valence-electron chi connectivity index (χ0n) is 13.5. The van der Waals surface area contributed by atoms with Gasteiger partial charge in [0.25, 0.3) is 0 Å². The number of nitrogens with zero attached hydrogens (tertiary/aromatic N) is 1. The SMILES string of the molecule is COc1ccccc1C1CNCCN1Cc1cc(C(N)=O)cs1.Cl. The molecule has 1 aromatic carbocycles. The lowest BCUT2D eigenvalue weighted by molar-refractivity contribution is 0.100. The van der Waals surface area contributed by atoms with Crippen molar-refractivity contribution in [1.82, 2.24) is 10.2 Å². The molecule has 0 saturated carbocycles. The predicted molar refractivity (Wildman–Crippen MR) is 99.1 cm³/mol. The molecule has 1 saturated heterocycles. The van der Waals surface area contributed by atoms with E-state index in [0.717, 1.165) is 36.8 Å². The third-order valence-electron chi connectivity index (χ3n) is 4.15. The Morgan fingerprint density at radius 2 is 2.25 bits per heavy atom. The number of nitrogens with two attached hydrogens (primary N) is 1. The van der Waals surface area contributed by atoms with Crippen LogP contribution in [0.1, 0.15) is 26.8 Å². The van der Waals surface area contributed by atoms with E-state index < -0.39 is 0 Å². The Bertz CT molecular complexity index is 692. The zero-order valence-corrected chi connectivity index (χ0v) is 15.2. The van der Waals surface area contributed by atoms with E-state index in [1.807, 2.05) is 29.6 Å². The molecule has 1 amide bonds. The van der Waals surface area contributed by atoms with Crippen LogP contribution in [0.2, 0.25) is 0 Å². The Hall–Kier alpha value is -1.60. The molecule has 1 aromatic heterocycles. The quantitative estimate of drug-likeness (QED) is 0.851. The highest BCUT2D eigenvalue weighted by molar-refractivity contribution is 7.10. The Kier molecular flexibility index (Phi) is 6.62. The molecule has 1 aliphatic rings. The summed E-state index contributed by atoms with van der Waals surface area (Å²) in [5.41, 5.74) is 7.12. The molecule has 7 heteroatoms. The molecule has 1 atom stereocenters. The van der Waals surface area contributed by atoms with Crippen molar-refractivity contribution < 1.29 is 9.53 Å². The molecule has 24 heavy (non-hydrogen) atoms. The number of ether oxygens (including phenoxy) is 1. The number of primary amides is 1. The van der Waals surface area contributed by atoms with Crippen LogP contribution in [-0.2, 0) is 6.54 Å². The van der Waals surface area contributed by atoms with Crippen LogP contribution >= 0.6 is 23.7 Å². The maximum Gasteiger partial charge on any atom is 0.249 e. The largest absolute Gasteiger partial charge is 0.496 e. The van der Waals surface area contributed by atoms with Gasteiger partial charge < -0.3 is 15.8 Å². The summed E-state index contributed by atoms with van der Waals surface area (Å²) in [4.78, 5) is 14.8. The first-order valence-electron chi connectivity index (χ1n) is 7.64. The molecular formula is C17H22ClN3O2S. The van der Waals surface area contributed by atoms with Gasteiger partial charge in [-0.3, -0.25) is 9.69 Å². The molecular weight excluding hydrogens is 346 g/mol. The molecule has 1 fully saturated rings. The molecule has 2 aromatic rings. The van der Waals surface area contributed by atoms with Crippen LogP contribution in [0, 0.1) is 0 Å². The average molecular weight is 368 g/mol. The summed E-state index contributed by atoms with van der Waals surface area (Å²) < 4.78 is 5.52. The second-order valence-corrected chi connectivity index (χ2v) is 6.59. The number of para-hydroxylation sites is 1. The van der Waals surface area contributed by atoms with Crippen LogP contribution in [-0.4, -0.2) is 37.6 Å². The number of carbonyl (C=O) groups is 1. The van der Waals surface area contributed by atoms with Crippen LogP contribution in [0.3, 0.4) is 0 Å². The van der Waals surface area contributed by atoms with Crippen molar-refractivity contribution in [3.8, 4) is 5.75 Å². The first kappa shape index (κ1) is 18.7. The van der Waals surface area contributed by atoms with Crippen LogP contribution in [0.15, 0.2) is 35.7 Å². The molecule has 1 aliphatic heterocycles. The summed E-state index contributed by atoms with van der Waals surface area (Å²) in [6.07, 6.45) is 0. The van der Waals surface area contributed by atoms with Crippen molar-refractivity contribution in [2.75, 3.05) is 26.7 Å². The van der Waals surface area contributed by atoms with Gasteiger partial charge in [0, 0.05) is 42.0 Å². The minimum Gasteiger partial charge on any atom is -0.496 e. The molecule has 5 nitrogen and oxygen atoms in total. The minimum atomic E-state index is -0.367. The van der Waals surface area contributed by atoms with Gasteiger partial charge in [0.15, 0.2) is 0 Å². The number of amides is 1. The lowest BCUT2D eigenvalue weighted by atomic mass is 10.0. The number of thiophene rings is 1. The molecule has 130 valence electrons. The molecule has 0 radical (unpaired) electrons. The van der Waals surface area contributed by atoms with Crippen LogP contribution in [0.5, 0.6) is 5.75 Å². The van der Waals surface area contributed by atoms with E-state index in [4.69, 9.17) is 10.5 Å². The van der Waals surface area contributed by atoms with E-state index in [-0.39, 0.29) is 24.4 Å². The number of halogens is 1. The highest BCUT2D eigenvalue weighted by Crippen LogP contribution is 2.31. The maximum atomic E-state index is 11.3. The first-order valence-corrected chi connectivity index (χ1v) is 8.52. The maximum absolute atomic E-state index is 11.3. The molecule has 0 aliphatic carbocycles. The van der Waals surface area contributed by atoms with Crippen molar-refractivity contribution in [3.05, 3.63) is 51.7 Å². The number of methoxy groups -OCH3 is 1. The Morgan fingerprint density at radius 3 is 2.96 bits per heavy atom. The predicted octanol–water partition coefficient (Wildman–Crippen LogP) is 2.42. The summed E-state index contributed by atoms with van der Waals surface area (Å²) in [7, 11) is 1.71. The number of benzene rings is 1. The fraction of sp³-hybridized carbons (Fsp3) is 0.353. The van der Waals surface area contributed by atoms with E-state index in [1.54, 1.807) is 18.4 Å². The van der Waals surface area contributed by atoms with Gasteiger partial charge in [-0.15, -0.1) is 23.7 Å². The highest BCUT2D eigenvalue weighted by atomic mass is 35.5. The molecule has 2 heterocycles. The third-order valence-corrected chi connectivity index (χ3v) is 5.07. The number of hydrogen-bond donors (Lipinski definition) is 2.